The largest absolute Gasteiger partial charge is 0.772 e. The first-order valence-corrected chi connectivity index (χ1v) is 11.8. The average molecular weight is 489 g/mol. The summed E-state index contributed by atoms with van der Waals surface area (Å²) in [5.41, 5.74) is 3.51. The van der Waals surface area contributed by atoms with Gasteiger partial charge in [-0.2, -0.15) is 5.26 Å². The summed E-state index contributed by atoms with van der Waals surface area (Å²) >= 11 is 9.88. The van der Waals surface area contributed by atoms with Crippen LogP contribution in [0.1, 0.15) is 36.4 Å². The fourth-order valence-corrected chi connectivity index (χ4v) is 3.97. The van der Waals surface area contributed by atoms with Crippen LogP contribution in [0.3, 0.4) is 0 Å². The average Bonchev–Trinajstić information content (AvgIpc) is 2.78. The van der Waals surface area contributed by atoms with Crippen LogP contribution in [0.15, 0.2) is 48.8 Å². The smallest absolute Gasteiger partial charge is 0.155 e. The normalized spacial score (nSPS) is 12.2. The SMILES string of the molecule is CC(C)(c1ccc(-c2cnc(CS(=O)[O-])nc2)cc1)c1cc(Cl)c(OCCCl)c(C#N)c1. The second kappa shape index (κ2) is 10.4. The molecule has 3 rings (SSSR count). The van der Waals surface area contributed by atoms with Crippen molar-refractivity contribution in [2.24, 2.45) is 0 Å². The van der Waals surface area contributed by atoms with Gasteiger partial charge in [0.2, 0.25) is 0 Å². The third-order valence-electron chi connectivity index (χ3n) is 5.10. The molecule has 0 radical (unpaired) electrons. The molecular weight excluding hydrogens is 469 g/mol. The Kier molecular flexibility index (Phi) is 7.86. The highest BCUT2D eigenvalue weighted by atomic mass is 35.5. The van der Waals surface area contributed by atoms with E-state index in [9.17, 15) is 14.0 Å². The zero-order valence-corrected chi connectivity index (χ0v) is 19.8. The summed E-state index contributed by atoms with van der Waals surface area (Å²) in [5, 5.41) is 9.93. The Bertz CT molecular complexity index is 1160. The molecule has 1 unspecified atom stereocenters. The Morgan fingerprint density at radius 1 is 1.12 bits per heavy atom. The molecule has 0 saturated carbocycles. The van der Waals surface area contributed by atoms with Crippen LogP contribution >= 0.6 is 23.2 Å². The van der Waals surface area contributed by atoms with E-state index in [4.69, 9.17) is 27.9 Å². The van der Waals surface area contributed by atoms with Gasteiger partial charge in [-0.3, -0.25) is 4.21 Å². The van der Waals surface area contributed by atoms with Crippen LogP contribution < -0.4 is 4.74 Å². The van der Waals surface area contributed by atoms with Gasteiger partial charge >= 0.3 is 0 Å². The van der Waals surface area contributed by atoms with E-state index in [0.717, 1.165) is 22.3 Å². The van der Waals surface area contributed by atoms with Gasteiger partial charge in [0.1, 0.15) is 18.5 Å². The van der Waals surface area contributed by atoms with Crippen molar-refractivity contribution >= 4 is 34.3 Å². The van der Waals surface area contributed by atoms with Crippen LogP contribution in [-0.4, -0.2) is 31.2 Å². The molecule has 0 spiro atoms. The monoisotopic (exact) mass is 488 g/mol. The topological polar surface area (TPSA) is 98.9 Å². The maximum Gasteiger partial charge on any atom is 0.155 e. The van der Waals surface area contributed by atoms with E-state index in [1.807, 2.05) is 30.3 Å². The molecule has 0 aliphatic heterocycles. The lowest BCUT2D eigenvalue weighted by atomic mass is 9.77. The molecule has 32 heavy (non-hydrogen) atoms. The number of rotatable bonds is 8. The molecular formula is C23H20Cl2N3O3S-. The number of benzene rings is 2. The Labute approximate surface area is 199 Å². The molecule has 3 aromatic rings. The Morgan fingerprint density at radius 2 is 1.78 bits per heavy atom. The fraction of sp³-hybridized carbons (Fsp3) is 0.261. The van der Waals surface area contributed by atoms with E-state index in [1.54, 1.807) is 18.5 Å². The fourth-order valence-electron chi connectivity index (χ4n) is 3.25. The Hall–Kier alpha value is -2.50. The summed E-state index contributed by atoms with van der Waals surface area (Å²) in [7, 11) is 0. The minimum absolute atomic E-state index is 0.212. The zero-order valence-electron chi connectivity index (χ0n) is 17.5. The highest BCUT2D eigenvalue weighted by molar-refractivity contribution is 7.78. The highest BCUT2D eigenvalue weighted by Crippen LogP contribution is 2.38. The van der Waals surface area contributed by atoms with Crippen molar-refractivity contribution in [2.75, 3.05) is 12.5 Å². The van der Waals surface area contributed by atoms with Crippen LogP contribution in [0.2, 0.25) is 5.02 Å². The molecule has 1 aromatic heterocycles. The second-order valence-electron chi connectivity index (χ2n) is 7.52. The lowest BCUT2D eigenvalue weighted by Gasteiger charge is -2.27. The van der Waals surface area contributed by atoms with Gasteiger partial charge in [0, 0.05) is 23.4 Å². The van der Waals surface area contributed by atoms with Crippen molar-refractivity contribution in [1.29, 1.82) is 5.26 Å². The summed E-state index contributed by atoms with van der Waals surface area (Å²) in [4.78, 5) is 8.21. The molecule has 166 valence electrons. The molecule has 0 N–H and O–H groups in total. The Balaban J connectivity index is 1.88. The van der Waals surface area contributed by atoms with Gasteiger partial charge in [-0.1, -0.05) is 49.7 Å². The summed E-state index contributed by atoms with van der Waals surface area (Å²) < 4.78 is 27.1. The van der Waals surface area contributed by atoms with Crippen LogP contribution in [0.5, 0.6) is 5.75 Å². The first-order chi connectivity index (χ1) is 15.3. The maximum atomic E-state index is 10.8. The van der Waals surface area contributed by atoms with Crippen LogP contribution in [0.25, 0.3) is 11.1 Å². The molecule has 0 saturated heterocycles. The van der Waals surface area contributed by atoms with E-state index < -0.39 is 16.5 Å². The van der Waals surface area contributed by atoms with Crippen LogP contribution in [-0.2, 0) is 22.2 Å². The standard InChI is InChI=1S/C23H21Cl2N3O3S/c1-23(2,19-9-16(11-26)22(20(25)10-19)31-8-7-24)18-5-3-15(4-6-18)17-12-27-21(28-13-17)14-32(29)30/h3-6,9-10,12-13H,7-8,14H2,1-2H3,(H,29,30)/p-1. The summed E-state index contributed by atoms with van der Waals surface area (Å²) in [6.45, 7) is 4.36. The highest BCUT2D eigenvalue weighted by Gasteiger charge is 2.26. The molecule has 6 nitrogen and oxygen atoms in total. The van der Waals surface area contributed by atoms with Gasteiger partial charge < -0.3 is 9.29 Å². The van der Waals surface area contributed by atoms with Gasteiger partial charge in [-0.05, 0) is 39.9 Å². The molecule has 0 fully saturated rings. The molecule has 0 bridgehead atoms. The summed E-state index contributed by atoms with van der Waals surface area (Å²) in [6.07, 6.45) is 3.21. The van der Waals surface area contributed by atoms with Crippen molar-refractivity contribution < 1.29 is 13.5 Å². The van der Waals surface area contributed by atoms with Gasteiger partial charge in [0.15, 0.2) is 5.75 Å². The molecule has 9 heteroatoms. The van der Waals surface area contributed by atoms with Gasteiger partial charge in [-0.15, -0.1) is 11.6 Å². The van der Waals surface area contributed by atoms with Crippen LogP contribution in [0.4, 0.5) is 0 Å². The first kappa shape index (κ1) is 24.1. The molecule has 0 aliphatic carbocycles. The number of hydrogen-bond acceptors (Lipinski definition) is 6. The molecule has 2 aromatic carbocycles. The van der Waals surface area contributed by atoms with Crippen molar-refractivity contribution in [3.63, 3.8) is 0 Å². The zero-order chi connectivity index (χ0) is 23.3. The quantitative estimate of drug-likeness (QED) is 0.327. The predicted octanol–water partition coefficient (Wildman–Crippen LogP) is 4.99. The van der Waals surface area contributed by atoms with E-state index in [2.05, 4.69) is 29.9 Å². The van der Waals surface area contributed by atoms with Crippen molar-refractivity contribution in [3.8, 4) is 22.9 Å². The second-order valence-corrected chi connectivity index (χ2v) is 9.20. The van der Waals surface area contributed by atoms with Gasteiger partial charge in [-0.25, -0.2) is 9.97 Å². The molecule has 0 aliphatic rings. The first-order valence-electron chi connectivity index (χ1n) is 9.67. The van der Waals surface area contributed by atoms with Crippen molar-refractivity contribution in [2.45, 2.75) is 25.0 Å². The van der Waals surface area contributed by atoms with E-state index in [1.165, 1.54) is 0 Å². The van der Waals surface area contributed by atoms with Gasteiger partial charge in [0.25, 0.3) is 0 Å². The molecule has 1 atom stereocenters. The number of nitrogens with zero attached hydrogens (tertiary/aromatic N) is 3. The molecule has 0 amide bonds. The van der Waals surface area contributed by atoms with E-state index in [-0.39, 0.29) is 18.2 Å². The summed E-state index contributed by atoms with van der Waals surface area (Å²) in [5.74, 6) is 0.681. The van der Waals surface area contributed by atoms with E-state index in [0.29, 0.717) is 22.2 Å². The predicted molar refractivity (Wildman–Crippen MR) is 125 cm³/mol. The number of alkyl halides is 1. The lowest BCUT2D eigenvalue weighted by Crippen LogP contribution is -2.19. The minimum atomic E-state index is -2.23. The minimum Gasteiger partial charge on any atom is -0.772 e. The maximum absolute atomic E-state index is 10.8. The number of aromatic nitrogens is 2. The molecule has 1 heterocycles. The summed E-state index contributed by atoms with van der Waals surface area (Å²) in [6, 6.07) is 13.6. The van der Waals surface area contributed by atoms with Crippen LogP contribution in [0, 0.1) is 11.3 Å². The van der Waals surface area contributed by atoms with Gasteiger partial charge in [0.05, 0.1) is 22.2 Å². The van der Waals surface area contributed by atoms with Crippen molar-refractivity contribution in [1.82, 2.24) is 9.97 Å². The number of hydrogen-bond donors (Lipinski definition) is 0. The van der Waals surface area contributed by atoms with E-state index >= 15 is 0 Å². The Morgan fingerprint density at radius 3 is 2.34 bits per heavy atom. The number of nitriles is 1. The lowest BCUT2D eigenvalue weighted by molar-refractivity contribution is 0.341. The van der Waals surface area contributed by atoms with Crippen molar-refractivity contribution in [3.05, 3.63) is 76.3 Å². The number of ether oxygens (including phenoxy) is 1. The third-order valence-corrected chi connectivity index (χ3v) is 6.03. The third kappa shape index (κ3) is 5.45. The number of halogens is 2.